The van der Waals surface area contributed by atoms with Gasteiger partial charge in [0.25, 0.3) is 5.91 Å². The molecule has 1 heterocycles. The smallest absolute Gasteiger partial charge is 0.250 e. The van der Waals surface area contributed by atoms with Crippen molar-refractivity contribution < 1.29 is 4.79 Å². The normalized spacial score (nSPS) is 18.2. The van der Waals surface area contributed by atoms with Gasteiger partial charge in [0.2, 0.25) is 0 Å². The van der Waals surface area contributed by atoms with E-state index in [1.54, 1.807) is 6.07 Å². The molecule has 0 aromatic heterocycles. The summed E-state index contributed by atoms with van der Waals surface area (Å²) in [6, 6.07) is 5.65. The third-order valence-corrected chi connectivity index (χ3v) is 3.53. The minimum atomic E-state index is -0.447. The van der Waals surface area contributed by atoms with Crippen LogP contribution in [0.15, 0.2) is 18.2 Å². The van der Waals surface area contributed by atoms with Gasteiger partial charge in [-0.05, 0) is 56.6 Å². The zero-order chi connectivity index (χ0) is 12.4. The van der Waals surface area contributed by atoms with Crippen molar-refractivity contribution in [2.45, 2.75) is 18.8 Å². The summed E-state index contributed by atoms with van der Waals surface area (Å²) in [4.78, 5) is 13.6. The Kier molecular flexibility index (Phi) is 3.33. The van der Waals surface area contributed by atoms with Crippen LogP contribution in [0.1, 0.15) is 34.7 Å². The van der Waals surface area contributed by atoms with Gasteiger partial charge in [0.05, 0.1) is 5.56 Å². The van der Waals surface area contributed by atoms with Crippen LogP contribution >= 0.6 is 0 Å². The van der Waals surface area contributed by atoms with Crippen LogP contribution in [0.4, 0.5) is 5.69 Å². The maximum atomic E-state index is 11.2. The van der Waals surface area contributed by atoms with Gasteiger partial charge in [-0.3, -0.25) is 4.79 Å². The number of piperidine rings is 1. The Hall–Kier alpha value is -1.55. The first-order valence-electron chi connectivity index (χ1n) is 5.95. The molecule has 17 heavy (non-hydrogen) atoms. The van der Waals surface area contributed by atoms with Gasteiger partial charge in [0, 0.05) is 5.69 Å². The first-order chi connectivity index (χ1) is 8.08. The lowest BCUT2D eigenvalue weighted by Crippen LogP contribution is -2.29. The molecule has 4 heteroatoms. The second kappa shape index (κ2) is 4.75. The number of nitrogens with two attached hydrogens (primary N) is 2. The van der Waals surface area contributed by atoms with E-state index in [2.05, 4.69) is 11.9 Å². The minimum absolute atomic E-state index is 0.446. The van der Waals surface area contributed by atoms with Crippen LogP contribution in [-0.4, -0.2) is 30.9 Å². The molecule has 1 aliphatic heterocycles. The Morgan fingerprint density at radius 2 is 2.00 bits per heavy atom. The van der Waals surface area contributed by atoms with E-state index in [-0.39, 0.29) is 0 Å². The molecular formula is C13H19N3O. The fourth-order valence-electron chi connectivity index (χ4n) is 2.38. The van der Waals surface area contributed by atoms with E-state index in [1.807, 2.05) is 12.1 Å². The molecule has 0 spiro atoms. The molecule has 1 fully saturated rings. The summed E-state index contributed by atoms with van der Waals surface area (Å²) in [5, 5.41) is 0. The summed E-state index contributed by atoms with van der Waals surface area (Å²) < 4.78 is 0. The molecule has 2 rings (SSSR count). The van der Waals surface area contributed by atoms with Crippen LogP contribution in [0.25, 0.3) is 0 Å². The lowest BCUT2D eigenvalue weighted by atomic mass is 9.88. The van der Waals surface area contributed by atoms with Crippen molar-refractivity contribution in [2.75, 3.05) is 25.9 Å². The second-order valence-electron chi connectivity index (χ2n) is 4.79. The molecule has 0 aliphatic carbocycles. The van der Waals surface area contributed by atoms with Crippen molar-refractivity contribution in [3.05, 3.63) is 29.3 Å². The molecule has 4 nitrogen and oxygen atoms in total. The van der Waals surface area contributed by atoms with E-state index in [0.29, 0.717) is 17.2 Å². The first kappa shape index (κ1) is 11.9. The van der Waals surface area contributed by atoms with Crippen LogP contribution < -0.4 is 11.5 Å². The zero-order valence-corrected chi connectivity index (χ0v) is 10.1. The highest BCUT2D eigenvalue weighted by atomic mass is 16.1. The Labute approximate surface area is 102 Å². The van der Waals surface area contributed by atoms with Gasteiger partial charge in [-0.15, -0.1) is 0 Å². The fourth-order valence-corrected chi connectivity index (χ4v) is 2.38. The van der Waals surface area contributed by atoms with Crippen LogP contribution in [0.3, 0.4) is 0 Å². The summed E-state index contributed by atoms with van der Waals surface area (Å²) in [7, 11) is 2.13. The topological polar surface area (TPSA) is 72.3 Å². The van der Waals surface area contributed by atoms with Gasteiger partial charge in [-0.2, -0.15) is 0 Å². The SMILES string of the molecule is CN1CCC(c2ccc(N)c(C(N)=O)c2)CC1. The molecular weight excluding hydrogens is 214 g/mol. The average molecular weight is 233 g/mol. The Bertz CT molecular complexity index is 423. The van der Waals surface area contributed by atoms with E-state index in [1.165, 1.54) is 5.56 Å². The molecule has 92 valence electrons. The van der Waals surface area contributed by atoms with Crippen molar-refractivity contribution in [1.29, 1.82) is 0 Å². The Balaban J connectivity index is 2.21. The minimum Gasteiger partial charge on any atom is -0.398 e. The van der Waals surface area contributed by atoms with E-state index in [4.69, 9.17) is 11.5 Å². The molecule has 1 aromatic rings. The quantitative estimate of drug-likeness (QED) is 0.753. The fraction of sp³-hybridized carbons (Fsp3) is 0.462. The zero-order valence-electron chi connectivity index (χ0n) is 10.1. The number of primary amides is 1. The number of carbonyl (C=O) groups excluding carboxylic acids is 1. The number of carbonyl (C=O) groups is 1. The Morgan fingerprint density at radius 3 is 2.59 bits per heavy atom. The number of hydrogen-bond donors (Lipinski definition) is 2. The lowest BCUT2D eigenvalue weighted by Gasteiger charge is -2.29. The molecule has 0 saturated carbocycles. The summed E-state index contributed by atoms with van der Waals surface area (Å²) in [5.41, 5.74) is 13.1. The van der Waals surface area contributed by atoms with Gasteiger partial charge in [-0.25, -0.2) is 0 Å². The van der Waals surface area contributed by atoms with Crippen LogP contribution in [-0.2, 0) is 0 Å². The van der Waals surface area contributed by atoms with Crippen LogP contribution in [0.2, 0.25) is 0 Å². The number of amides is 1. The van der Waals surface area contributed by atoms with E-state index in [0.717, 1.165) is 25.9 Å². The number of nitrogen functional groups attached to an aromatic ring is 1. The highest BCUT2D eigenvalue weighted by molar-refractivity contribution is 5.98. The third-order valence-electron chi connectivity index (χ3n) is 3.53. The first-order valence-corrected chi connectivity index (χ1v) is 5.95. The highest BCUT2D eigenvalue weighted by Gasteiger charge is 2.19. The van der Waals surface area contributed by atoms with Crippen LogP contribution in [0.5, 0.6) is 0 Å². The molecule has 1 saturated heterocycles. The Morgan fingerprint density at radius 1 is 1.35 bits per heavy atom. The highest BCUT2D eigenvalue weighted by Crippen LogP contribution is 2.29. The molecule has 0 radical (unpaired) electrons. The van der Waals surface area contributed by atoms with Crippen molar-refractivity contribution in [2.24, 2.45) is 5.73 Å². The predicted octanol–water partition coefficient (Wildman–Crippen LogP) is 1.18. The van der Waals surface area contributed by atoms with E-state index >= 15 is 0 Å². The molecule has 1 amide bonds. The number of rotatable bonds is 2. The van der Waals surface area contributed by atoms with Gasteiger partial charge in [0.1, 0.15) is 0 Å². The number of nitrogens with zero attached hydrogens (tertiary/aromatic N) is 1. The molecule has 1 aliphatic rings. The monoisotopic (exact) mass is 233 g/mol. The summed E-state index contributed by atoms with van der Waals surface area (Å²) in [5.74, 6) is 0.0715. The van der Waals surface area contributed by atoms with Crippen molar-refractivity contribution in [1.82, 2.24) is 4.90 Å². The molecule has 1 aromatic carbocycles. The van der Waals surface area contributed by atoms with Crippen LogP contribution in [0, 0.1) is 0 Å². The van der Waals surface area contributed by atoms with Crippen molar-refractivity contribution in [3.8, 4) is 0 Å². The maximum absolute atomic E-state index is 11.2. The summed E-state index contributed by atoms with van der Waals surface area (Å²) >= 11 is 0. The second-order valence-corrected chi connectivity index (χ2v) is 4.79. The standard InChI is InChI=1S/C13H19N3O/c1-16-6-4-9(5-7-16)10-2-3-12(14)11(8-10)13(15)17/h2-3,8-9H,4-7,14H2,1H3,(H2,15,17). The third kappa shape index (κ3) is 2.58. The average Bonchev–Trinajstić information content (AvgIpc) is 2.30. The molecule has 0 unspecified atom stereocenters. The van der Waals surface area contributed by atoms with E-state index in [9.17, 15) is 4.79 Å². The largest absolute Gasteiger partial charge is 0.398 e. The molecule has 0 bridgehead atoms. The number of benzene rings is 1. The predicted molar refractivity (Wildman–Crippen MR) is 68.8 cm³/mol. The summed E-state index contributed by atoms with van der Waals surface area (Å²) in [6.45, 7) is 2.20. The molecule has 0 atom stereocenters. The summed E-state index contributed by atoms with van der Waals surface area (Å²) in [6.07, 6.45) is 2.25. The molecule has 4 N–H and O–H groups in total. The van der Waals surface area contributed by atoms with Gasteiger partial charge in [-0.1, -0.05) is 6.07 Å². The van der Waals surface area contributed by atoms with Gasteiger partial charge < -0.3 is 16.4 Å². The van der Waals surface area contributed by atoms with Crippen molar-refractivity contribution in [3.63, 3.8) is 0 Å². The van der Waals surface area contributed by atoms with Gasteiger partial charge in [0.15, 0.2) is 0 Å². The number of hydrogen-bond acceptors (Lipinski definition) is 3. The maximum Gasteiger partial charge on any atom is 0.250 e. The lowest BCUT2D eigenvalue weighted by molar-refractivity contribution is 0.100. The van der Waals surface area contributed by atoms with E-state index < -0.39 is 5.91 Å². The number of likely N-dealkylation sites (tertiary alicyclic amines) is 1. The number of anilines is 1. The van der Waals surface area contributed by atoms with Crippen molar-refractivity contribution >= 4 is 11.6 Å². The van der Waals surface area contributed by atoms with Gasteiger partial charge >= 0.3 is 0 Å².